The maximum Gasteiger partial charge on any atom is 0.195 e. The third-order valence-corrected chi connectivity index (χ3v) is 2.86. The van der Waals surface area contributed by atoms with Crippen LogP contribution in [-0.2, 0) is 6.42 Å². The number of nitrogens with two attached hydrogens (primary N) is 1. The monoisotopic (exact) mass is 305 g/mol. The average Bonchev–Trinajstić information content (AvgIpc) is 2.39. The quantitative estimate of drug-likeness (QED) is 0.695. The number of hydrogen-bond acceptors (Lipinski definition) is 2. The van der Waals surface area contributed by atoms with Crippen molar-refractivity contribution < 1.29 is 4.79 Å². The fourth-order valence-corrected chi connectivity index (χ4v) is 1.86. The fraction of sp³-hybridized carbons (Fsp3) is 0.133. The van der Waals surface area contributed by atoms with Crippen molar-refractivity contribution in [2.45, 2.75) is 13.3 Å². The van der Waals surface area contributed by atoms with Crippen LogP contribution in [0.1, 0.15) is 28.4 Å². The molecule has 0 unspecified atom stereocenters. The molecule has 0 atom stereocenters. The summed E-state index contributed by atoms with van der Waals surface area (Å²) in [6, 6.07) is 14.8. The van der Waals surface area contributed by atoms with Gasteiger partial charge in [-0.05, 0) is 18.1 Å². The van der Waals surface area contributed by atoms with Crippen LogP contribution in [0.3, 0.4) is 0 Å². The fourth-order valence-electron chi connectivity index (χ4n) is 1.86. The first-order valence-electron chi connectivity index (χ1n) is 5.71. The third-order valence-electron chi connectivity index (χ3n) is 2.86. The van der Waals surface area contributed by atoms with Crippen LogP contribution in [0.25, 0.3) is 0 Å². The van der Waals surface area contributed by atoms with Crippen molar-refractivity contribution in [2.24, 2.45) is 0 Å². The van der Waals surface area contributed by atoms with Crippen LogP contribution in [0.2, 0.25) is 0 Å². The summed E-state index contributed by atoms with van der Waals surface area (Å²) in [6.45, 7) is 2.03. The number of halogens is 1. The van der Waals surface area contributed by atoms with Crippen LogP contribution in [-0.4, -0.2) is 5.78 Å². The maximum atomic E-state index is 12.3. The minimum absolute atomic E-state index is 0. The molecule has 2 rings (SSSR count). The number of ketones is 1. The zero-order chi connectivity index (χ0) is 12.3. The Morgan fingerprint density at radius 2 is 1.72 bits per heavy atom. The highest BCUT2D eigenvalue weighted by Gasteiger charge is 2.13. The van der Waals surface area contributed by atoms with E-state index in [-0.39, 0.29) is 22.8 Å². The summed E-state index contributed by atoms with van der Waals surface area (Å²) >= 11 is 0. The van der Waals surface area contributed by atoms with Gasteiger partial charge >= 0.3 is 0 Å². The Hall–Kier alpha value is -1.61. The normalized spacial score (nSPS) is 9.61. The minimum Gasteiger partial charge on any atom is -0.398 e. The molecule has 2 aromatic rings. The molecule has 18 heavy (non-hydrogen) atoms. The van der Waals surface area contributed by atoms with Gasteiger partial charge in [0.15, 0.2) is 5.78 Å². The molecule has 2 nitrogen and oxygen atoms in total. The highest BCUT2D eigenvalue weighted by atomic mass is 79.9. The number of hydrogen-bond donors (Lipinski definition) is 1. The summed E-state index contributed by atoms with van der Waals surface area (Å²) in [5.41, 5.74) is 8.90. The van der Waals surface area contributed by atoms with Gasteiger partial charge in [0, 0.05) is 16.8 Å². The lowest BCUT2D eigenvalue weighted by Gasteiger charge is -2.08. The molecule has 0 saturated heterocycles. The number of benzene rings is 2. The number of aryl methyl sites for hydroxylation is 1. The molecule has 2 aromatic carbocycles. The summed E-state index contributed by atoms with van der Waals surface area (Å²) in [5.74, 6) is -0.0154. The standard InChI is InChI=1S/C15H15NO.BrH/c1-2-11-9-6-10-13(14(11)16)15(17)12-7-4-3-5-8-12;/h3-10H,2,16H2,1H3;1H. The van der Waals surface area contributed by atoms with E-state index in [1.54, 1.807) is 18.2 Å². The summed E-state index contributed by atoms with van der Waals surface area (Å²) in [6.07, 6.45) is 0.835. The first-order valence-corrected chi connectivity index (χ1v) is 5.71. The van der Waals surface area contributed by atoms with Crippen LogP contribution in [0.4, 0.5) is 5.69 Å². The van der Waals surface area contributed by atoms with E-state index < -0.39 is 0 Å². The zero-order valence-corrected chi connectivity index (χ0v) is 11.9. The van der Waals surface area contributed by atoms with E-state index in [0.717, 1.165) is 12.0 Å². The molecule has 0 aliphatic carbocycles. The number of anilines is 1. The van der Waals surface area contributed by atoms with E-state index >= 15 is 0 Å². The van der Waals surface area contributed by atoms with Crippen molar-refractivity contribution in [2.75, 3.05) is 5.73 Å². The number of nitrogen functional groups attached to an aromatic ring is 1. The molecular formula is C15H16BrNO. The third kappa shape index (κ3) is 2.79. The van der Waals surface area contributed by atoms with E-state index in [2.05, 4.69) is 0 Å². The number of rotatable bonds is 3. The highest BCUT2D eigenvalue weighted by Crippen LogP contribution is 2.21. The highest BCUT2D eigenvalue weighted by molar-refractivity contribution is 8.93. The lowest BCUT2D eigenvalue weighted by Crippen LogP contribution is -2.07. The van der Waals surface area contributed by atoms with Crippen LogP contribution >= 0.6 is 17.0 Å². The summed E-state index contributed by atoms with van der Waals surface area (Å²) in [4.78, 5) is 12.3. The SMILES string of the molecule is Br.CCc1cccc(C(=O)c2ccccc2)c1N. The molecule has 94 valence electrons. The van der Waals surface area contributed by atoms with Gasteiger partial charge in [-0.15, -0.1) is 17.0 Å². The number of carbonyl (C=O) groups excluding carboxylic acids is 1. The second-order valence-corrected chi connectivity index (χ2v) is 3.93. The number of para-hydroxylation sites is 1. The lowest BCUT2D eigenvalue weighted by molar-refractivity contribution is 0.103. The predicted molar refractivity (Wildman–Crippen MR) is 80.4 cm³/mol. The van der Waals surface area contributed by atoms with Gasteiger partial charge in [0.25, 0.3) is 0 Å². The minimum atomic E-state index is -0.0154. The first-order chi connectivity index (χ1) is 8.24. The van der Waals surface area contributed by atoms with E-state index in [0.29, 0.717) is 16.8 Å². The Morgan fingerprint density at radius 1 is 1.06 bits per heavy atom. The molecule has 0 aliphatic heterocycles. The van der Waals surface area contributed by atoms with Crippen LogP contribution < -0.4 is 5.73 Å². The molecule has 0 bridgehead atoms. The molecule has 2 N–H and O–H groups in total. The molecule has 3 heteroatoms. The molecular weight excluding hydrogens is 290 g/mol. The van der Waals surface area contributed by atoms with Crippen molar-refractivity contribution in [3.8, 4) is 0 Å². The Kier molecular flexibility index (Phi) is 5.10. The van der Waals surface area contributed by atoms with E-state index in [1.165, 1.54) is 0 Å². The molecule has 0 aliphatic rings. The van der Waals surface area contributed by atoms with E-state index in [9.17, 15) is 4.79 Å². The smallest absolute Gasteiger partial charge is 0.195 e. The molecule has 0 saturated carbocycles. The molecule has 0 amide bonds. The van der Waals surface area contributed by atoms with Crippen molar-refractivity contribution >= 4 is 28.5 Å². The Morgan fingerprint density at radius 3 is 2.33 bits per heavy atom. The van der Waals surface area contributed by atoms with Crippen molar-refractivity contribution in [1.29, 1.82) is 0 Å². The van der Waals surface area contributed by atoms with Gasteiger partial charge in [0.1, 0.15) is 0 Å². The van der Waals surface area contributed by atoms with Gasteiger partial charge < -0.3 is 5.73 Å². The molecule has 0 radical (unpaired) electrons. The van der Waals surface area contributed by atoms with Crippen LogP contribution in [0.5, 0.6) is 0 Å². The molecule has 0 spiro atoms. The number of carbonyl (C=O) groups is 1. The van der Waals surface area contributed by atoms with Crippen molar-refractivity contribution in [1.82, 2.24) is 0 Å². The Balaban J connectivity index is 0.00000162. The van der Waals surface area contributed by atoms with Gasteiger partial charge in [-0.1, -0.05) is 49.4 Å². The van der Waals surface area contributed by atoms with Gasteiger partial charge in [-0.25, -0.2) is 0 Å². The van der Waals surface area contributed by atoms with Gasteiger partial charge in [-0.2, -0.15) is 0 Å². The second-order valence-electron chi connectivity index (χ2n) is 3.93. The van der Waals surface area contributed by atoms with Crippen molar-refractivity contribution in [3.05, 3.63) is 65.2 Å². The first kappa shape index (κ1) is 14.5. The maximum absolute atomic E-state index is 12.3. The van der Waals surface area contributed by atoms with Crippen molar-refractivity contribution in [3.63, 3.8) is 0 Å². The Labute approximate surface area is 118 Å². The lowest BCUT2D eigenvalue weighted by atomic mass is 9.98. The van der Waals surface area contributed by atoms with E-state index in [1.807, 2.05) is 37.3 Å². The summed E-state index contributed by atoms with van der Waals surface area (Å²) < 4.78 is 0. The zero-order valence-electron chi connectivity index (χ0n) is 10.2. The molecule has 0 aromatic heterocycles. The summed E-state index contributed by atoms with van der Waals surface area (Å²) in [5, 5.41) is 0. The topological polar surface area (TPSA) is 43.1 Å². The van der Waals surface area contributed by atoms with Gasteiger partial charge in [0.2, 0.25) is 0 Å². The van der Waals surface area contributed by atoms with Gasteiger partial charge in [0.05, 0.1) is 0 Å². The molecule has 0 fully saturated rings. The van der Waals surface area contributed by atoms with E-state index in [4.69, 9.17) is 5.73 Å². The van der Waals surface area contributed by atoms with Crippen LogP contribution in [0.15, 0.2) is 48.5 Å². The summed E-state index contributed by atoms with van der Waals surface area (Å²) in [7, 11) is 0. The predicted octanol–water partition coefficient (Wildman–Crippen LogP) is 3.64. The second kappa shape index (κ2) is 6.36. The largest absolute Gasteiger partial charge is 0.398 e. The Bertz CT molecular complexity index is 537. The van der Waals surface area contributed by atoms with Gasteiger partial charge in [-0.3, -0.25) is 4.79 Å². The van der Waals surface area contributed by atoms with Crippen LogP contribution in [0, 0.1) is 0 Å². The molecule has 0 heterocycles. The average molecular weight is 306 g/mol.